The van der Waals surface area contributed by atoms with Gasteiger partial charge in [-0.05, 0) is 184 Å². The number of hydrogen-bond donors (Lipinski definition) is 4. The van der Waals surface area contributed by atoms with E-state index in [4.69, 9.17) is 70.8 Å². The van der Waals surface area contributed by atoms with Crippen LogP contribution < -0.4 is 11.5 Å². The Bertz CT molecular complexity index is 4140. The Morgan fingerprint density at radius 2 is 1.03 bits per heavy atom. The van der Waals surface area contributed by atoms with Gasteiger partial charge >= 0.3 is 24.1 Å². The van der Waals surface area contributed by atoms with E-state index in [0.717, 1.165) is 25.0 Å². The fourth-order valence-electron chi connectivity index (χ4n) is 18.4. The maximum absolute atomic E-state index is 16.9. The predicted molar refractivity (Wildman–Crippen MR) is 441 cm³/mol. The normalized spacial score (nSPS) is 36.8. The molecule has 1 aromatic heterocycles. The predicted octanol–water partition coefficient (Wildman–Crippen LogP) is 10.2. The highest BCUT2D eigenvalue weighted by Crippen LogP contribution is 2.47. The molecule has 2 amide bonds. The summed E-state index contributed by atoms with van der Waals surface area (Å²) in [4.78, 5) is 122. The molecule has 34 heteroatoms. The van der Waals surface area contributed by atoms with Crippen LogP contribution in [0.1, 0.15) is 181 Å². The van der Waals surface area contributed by atoms with Crippen LogP contribution in [0.3, 0.4) is 0 Å². The van der Waals surface area contributed by atoms with Crippen molar-refractivity contribution in [1.82, 2.24) is 34.6 Å². The lowest BCUT2D eigenvalue weighted by molar-refractivity contribution is -0.295. The number of esters is 2. The molecule has 0 saturated carbocycles. The fraction of sp³-hybridized carbons (Fsp3) is 0.721. The number of likely N-dealkylation sites (N-methyl/N-ethyl adjacent to an activating group) is 2. The van der Waals surface area contributed by atoms with Crippen LogP contribution in [0.25, 0.3) is 21.7 Å². The van der Waals surface area contributed by atoms with Crippen molar-refractivity contribution in [3.63, 3.8) is 0 Å². The molecule has 6 N–H and O–H groups in total. The summed E-state index contributed by atoms with van der Waals surface area (Å²) < 4.78 is 96.0. The first-order chi connectivity index (χ1) is 56.1. The van der Waals surface area contributed by atoms with Crippen molar-refractivity contribution in [1.29, 1.82) is 0 Å². The monoisotopic (exact) mass is 1690 g/mol. The number of ketones is 4. The Labute approximate surface area is 704 Å². The van der Waals surface area contributed by atoms with Gasteiger partial charge < -0.3 is 88.6 Å². The zero-order valence-corrected chi connectivity index (χ0v) is 73.8. The molecule has 10 unspecified atom stereocenters. The first kappa shape index (κ1) is 98.8. The summed E-state index contributed by atoms with van der Waals surface area (Å²) in [5, 5.41) is 34.8. The summed E-state index contributed by atoms with van der Waals surface area (Å²) in [6.45, 7) is 25.8. The number of nitrogens with zero attached hydrogens (tertiary/aromatic N) is 10. The molecule has 0 radical (unpaired) electrons. The van der Waals surface area contributed by atoms with Crippen LogP contribution in [0.4, 0.5) is 29.7 Å². The Balaban J connectivity index is 0.000000302. The number of methoxy groups -OCH3 is 2. The number of nitrogen functional groups attached to an aromatic ring is 2. The molecule has 6 saturated heterocycles. The molecule has 3 aromatic rings. The van der Waals surface area contributed by atoms with Crippen molar-refractivity contribution in [2.75, 3.05) is 73.5 Å². The van der Waals surface area contributed by atoms with Crippen LogP contribution in [0.2, 0.25) is 0 Å². The van der Waals surface area contributed by atoms with Crippen molar-refractivity contribution in [2.45, 2.75) is 301 Å². The maximum atomic E-state index is 16.9. The molecule has 6 aliphatic rings. The van der Waals surface area contributed by atoms with Gasteiger partial charge in [-0.15, -0.1) is 11.5 Å². The number of benzene rings is 2. The van der Waals surface area contributed by atoms with E-state index in [1.165, 1.54) is 37.9 Å². The number of azide groups is 1. The molecule has 32 nitrogen and oxygen atoms in total. The number of Topliss-reactive ketones (excluding diaryl/α,β-unsaturated/α-hetero) is 4. The molecule has 9 rings (SSSR count). The van der Waals surface area contributed by atoms with Gasteiger partial charge in [0.05, 0.1) is 53.9 Å². The number of carbonyl (C=O) groups is 8. The van der Waals surface area contributed by atoms with E-state index in [0.29, 0.717) is 62.1 Å². The zero-order chi connectivity index (χ0) is 89.8. The number of fused-ring (bicyclic) bond motifs is 2. The minimum absolute atomic E-state index is 0.0111. The third kappa shape index (κ3) is 22.0. The first-order valence-corrected chi connectivity index (χ1v) is 41.6. The lowest BCUT2D eigenvalue weighted by atomic mass is 9.73. The average molecular weight is 1690 g/mol. The number of amides is 2. The molecular weight excluding hydrogens is 1560 g/mol. The van der Waals surface area contributed by atoms with E-state index >= 15 is 8.78 Å². The van der Waals surface area contributed by atoms with E-state index in [2.05, 4.69) is 26.3 Å². The maximum Gasteiger partial charge on any atom is 0.410 e. The Morgan fingerprint density at radius 1 is 0.625 bits per heavy atom. The number of rotatable bonds is 21. The standard InChI is InChI=1S/C43H65FN6O10.C35H58FN5O10.C8H7N/c1-12-32-43(8)35(50(40(55)60-43)19-14-13-18-49-23-30(46-47-49)28-16-15-17-29(45)21-28)26(4)33(51)24(2)22-41(6,56-11)37(27(5)36(53)42(7,44)39(54)58-32)59-38-34(52)31(48(9)10)20-25(3)57-38;1-12-24-35(8)27(41(32(46)51-35)16-14-13-15-38-39-37)21(4)25(42)19(2)18-33(6,47-11)29(22(5)28(44)34(7,36)31(45)49-24)50-30-26(43)23(40(9)10)17-20(3)48-30;1-2-7-4-3-5-8(9)6-7/h15-17,21,23-27,31-32,34-35,37-38,52H,12-14,18-20,22,45H2,1-11H3;19-24,26-27,29-30,43H,12-18H2,1-11H3;1,3-6H,9H2/t24-,25?,26+,27+,31?,32?,34?,35-,37-,38?,41+,42+,43-;19-,20?,21+,22+,23?,24?,26?,27-,29-,30?,33+,34+,35-;/m11./s1. The summed E-state index contributed by atoms with van der Waals surface area (Å²) in [6.07, 6.45) is -2.05. The number of aliphatic hydroxyl groups is 2. The lowest BCUT2D eigenvalue weighted by Gasteiger charge is -2.47. The molecule has 668 valence electrons. The molecule has 7 heterocycles. The van der Waals surface area contributed by atoms with Crippen LogP contribution in [0.5, 0.6) is 0 Å². The van der Waals surface area contributed by atoms with Gasteiger partial charge in [-0.2, -0.15) is 0 Å². The van der Waals surface area contributed by atoms with Gasteiger partial charge in [0.15, 0.2) is 35.3 Å². The van der Waals surface area contributed by atoms with Crippen LogP contribution >= 0.6 is 0 Å². The summed E-state index contributed by atoms with van der Waals surface area (Å²) in [6, 6.07) is 12.0. The zero-order valence-electron chi connectivity index (χ0n) is 73.8. The van der Waals surface area contributed by atoms with E-state index in [9.17, 15) is 48.6 Å². The summed E-state index contributed by atoms with van der Waals surface area (Å²) in [5.41, 5.74) is 11.2. The largest absolute Gasteiger partial charge is 0.455 e. The number of aryl methyl sites for hydroxylation is 1. The second-order valence-electron chi connectivity index (χ2n) is 34.8. The highest BCUT2D eigenvalue weighted by molar-refractivity contribution is 6.08. The third-order valence-corrected chi connectivity index (χ3v) is 25.1. The van der Waals surface area contributed by atoms with E-state index < -0.39 is 166 Å². The van der Waals surface area contributed by atoms with Crippen molar-refractivity contribution in [3.05, 3.63) is 70.7 Å². The minimum atomic E-state index is -3.19. The smallest absolute Gasteiger partial charge is 0.410 e. The second kappa shape index (κ2) is 41.2. The number of ether oxygens (including phenoxy) is 10. The van der Waals surface area contributed by atoms with Crippen molar-refractivity contribution >= 4 is 58.6 Å². The van der Waals surface area contributed by atoms with Crippen molar-refractivity contribution in [2.24, 2.45) is 40.6 Å². The Hall–Kier alpha value is -8.33. The highest BCUT2D eigenvalue weighted by Gasteiger charge is 2.65. The van der Waals surface area contributed by atoms with Crippen LogP contribution in [-0.2, 0) is 82.7 Å². The van der Waals surface area contributed by atoms with E-state index in [1.54, 1.807) is 92.1 Å². The molecule has 0 bridgehead atoms. The summed E-state index contributed by atoms with van der Waals surface area (Å²) in [7, 11) is 10.0. The Kier molecular flexibility index (Phi) is 33.9. The minimum Gasteiger partial charge on any atom is -0.455 e. The van der Waals surface area contributed by atoms with Gasteiger partial charge in [-0.3, -0.25) is 23.9 Å². The van der Waals surface area contributed by atoms with Gasteiger partial charge in [0.25, 0.3) is 11.3 Å². The van der Waals surface area contributed by atoms with Crippen LogP contribution in [0, 0.1) is 47.9 Å². The second-order valence-corrected chi connectivity index (χ2v) is 34.8. The molecule has 6 aliphatic heterocycles. The molecular formula is C86H130F2N12O20. The van der Waals surface area contributed by atoms with Gasteiger partial charge in [0, 0.05) is 115 Å². The van der Waals surface area contributed by atoms with E-state index in [1.807, 2.05) is 88.4 Å². The Morgan fingerprint density at radius 3 is 1.41 bits per heavy atom. The van der Waals surface area contributed by atoms with Gasteiger partial charge in [0.1, 0.15) is 41.7 Å². The molecule has 2 aromatic carbocycles. The number of terminal acetylenes is 1. The van der Waals surface area contributed by atoms with Gasteiger partial charge in [-0.1, -0.05) is 89.8 Å². The van der Waals surface area contributed by atoms with Crippen LogP contribution in [-0.4, -0.2) is 273 Å². The number of nitrogens with two attached hydrogens (primary N) is 2. The lowest BCUT2D eigenvalue weighted by Crippen LogP contribution is -2.61. The number of unbranched alkanes of at least 4 members (excludes halogenated alkanes) is 2. The van der Waals surface area contributed by atoms with E-state index in [-0.39, 0.29) is 81.2 Å². The molecule has 26 atom stereocenters. The number of anilines is 2. The third-order valence-electron chi connectivity index (χ3n) is 25.1. The summed E-state index contributed by atoms with van der Waals surface area (Å²) in [5.74, 6) is -9.24. The molecule has 0 aliphatic carbocycles. The highest BCUT2D eigenvalue weighted by atomic mass is 19.1. The summed E-state index contributed by atoms with van der Waals surface area (Å²) >= 11 is 0. The average Bonchev–Trinajstić information content (AvgIpc) is 1.53. The van der Waals surface area contributed by atoms with Crippen molar-refractivity contribution in [3.8, 4) is 23.6 Å². The van der Waals surface area contributed by atoms with Crippen LogP contribution in [0.15, 0.2) is 59.8 Å². The SMILES string of the molecule is C#Cc1cccc(N)c1.CCC1OC(=O)[C@@](C)(F)C(=O)[C@H](C)[C@@H](OC2OC(C)CC(N(C)C)C2O)[C@@](C)(OC)C[C@@H](C)C(=O)[C@H](C)[C@H]2N(CCCCN=[N+]=[N-])C(=O)O[C@]12C.CCC1OC(=O)[C@@](C)(F)C(=O)[C@H](C)[C@@H](OC2OC(C)CC(N(C)C)C2O)[C@@](C)(OC)C[C@@H](C)C(=O)[C@H](C)[C@H]2N(CCCCn3cc(-c4cccc(N)c4)nn3)C(=O)O[C@]12C. The number of halogens is 2. The number of hydrogen-bond acceptors (Lipinski definition) is 27. The van der Waals surface area contributed by atoms with Gasteiger partial charge in [-0.25, -0.2) is 28.0 Å². The van der Waals surface area contributed by atoms with Gasteiger partial charge in [0.2, 0.25) is 0 Å². The van der Waals surface area contributed by atoms with Crippen molar-refractivity contribution < 1.29 is 105 Å². The fourth-order valence-corrected chi connectivity index (χ4v) is 18.4. The number of aliphatic hydroxyl groups excluding tert-OH is 2. The quantitative estimate of drug-likeness (QED) is 0.00886. The topological polar surface area (TPSA) is 414 Å². The number of carbonyl (C=O) groups excluding carboxylic acids is 8. The number of aromatic nitrogens is 3. The number of alkyl halides is 2. The first-order valence-electron chi connectivity index (χ1n) is 41.6. The molecule has 0 spiro atoms. The number of cyclic esters (lactones) is 2. The molecule has 6 fully saturated rings. The molecule has 120 heavy (non-hydrogen) atoms.